The number of nitrogens with one attached hydrogen (secondary N) is 1. The Hall–Kier alpha value is -2.83. The number of aromatic nitrogens is 4. The molecule has 2 aromatic heterocycles. The molecule has 7 heteroatoms. The highest BCUT2D eigenvalue weighted by Gasteiger charge is 2.22. The monoisotopic (exact) mass is 338 g/mol. The minimum Gasteiger partial charge on any atom is -0.495 e. The van der Waals surface area contributed by atoms with E-state index in [1.165, 1.54) is 0 Å². The molecule has 1 aliphatic rings. The predicted molar refractivity (Wildman–Crippen MR) is 97.4 cm³/mol. The van der Waals surface area contributed by atoms with E-state index in [9.17, 15) is 0 Å². The van der Waals surface area contributed by atoms with Gasteiger partial charge in [-0.3, -0.25) is 0 Å². The molecule has 4 rings (SSSR count). The summed E-state index contributed by atoms with van der Waals surface area (Å²) >= 11 is 0. The molecule has 0 bridgehead atoms. The van der Waals surface area contributed by atoms with E-state index in [2.05, 4.69) is 37.6 Å². The largest absolute Gasteiger partial charge is 0.495 e. The van der Waals surface area contributed by atoms with Crippen molar-refractivity contribution in [2.24, 2.45) is 0 Å². The van der Waals surface area contributed by atoms with Crippen LogP contribution in [0.4, 0.5) is 11.5 Å². The van der Waals surface area contributed by atoms with E-state index in [1.807, 2.05) is 31.2 Å². The lowest BCUT2D eigenvalue weighted by Gasteiger charge is -2.35. The summed E-state index contributed by atoms with van der Waals surface area (Å²) in [7, 11) is 1.72. The summed E-state index contributed by atoms with van der Waals surface area (Å²) in [5.41, 5.74) is 1.91. The SMILES string of the molecule is COc1ccccc1N1CCC[C@@H](Nc2ccc3nnc(C)n3n2)C1. The van der Waals surface area contributed by atoms with E-state index in [0.29, 0.717) is 6.04 Å². The first kappa shape index (κ1) is 15.7. The zero-order valence-corrected chi connectivity index (χ0v) is 14.5. The Morgan fingerprint density at radius 2 is 2.04 bits per heavy atom. The van der Waals surface area contributed by atoms with Gasteiger partial charge in [0.2, 0.25) is 0 Å². The molecule has 3 heterocycles. The molecular formula is C18H22N6O. The van der Waals surface area contributed by atoms with Crippen molar-refractivity contribution in [3.05, 3.63) is 42.2 Å². The molecule has 0 aliphatic carbocycles. The van der Waals surface area contributed by atoms with E-state index in [-0.39, 0.29) is 0 Å². The number of benzene rings is 1. The van der Waals surface area contributed by atoms with Crippen molar-refractivity contribution in [3.63, 3.8) is 0 Å². The zero-order valence-electron chi connectivity index (χ0n) is 14.5. The second-order valence-corrected chi connectivity index (χ2v) is 6.34. The van der Waals surface area contributed by atoms with Crippen LogP contribution in [-0.4, -0.2) is 46.1 Å². The van der Waals surface area contributed by atoms with Gasteiger partial charge in [-0.1, -0.05) is 12.1 Å². The van der Waals surface area contributed by atoms with Crippen LogP contribution in [-0.2, 0) is 0 Å². The summed E-state index contributed by atoms with van der Waals surface area (Å²) in [4.78, 5) is 2.38. The third-order valence-electron chi connectivity index (χ3n) is 4.62. The van der Waals surface area contributed by atoms with Crippen LogP contribution < -0.4 is 15.0 Å². The number of fused-ring (bicyclic) bond motifs is 1. The average molecular weight is 338 g/mol. The van der Waals surface area contributed by atoms with Crippen molar-refractivity contribution >= 4 is 17.2 Å². The van der Waals surface area contributed by atoms with Gasteiger partial charge in [0.15, 0.2) is 11.5 Å². The number of anilines is 2. The number of hydrogen-bond donors (Lipinski definition) is 1. The minimum absolute atomic E-state index is 0.334. The molecule has 3 aromatic rings. The second kappa shape index (κ2) is 6.58. The van der Waals surface area contributed by atoms with E-state index < -0.39 is 0 Å². The molecule has 0 radical (unpaired) electrons. The van der Waals surface area contributed by atoms with Gasteiger partial charge in [0.25, 0.3) is 0 Å². The highest BCUT2D eigenvalue weighted by Crippen LogP contribution is 2.30. The molecular weight excluding hydrogens is 316 g/mol. The topological polar surface area (TPSA) is 67.6 Å². The van der Waals surface area contributed by atoms with E-state index in [4.69, 9.17) is 4.74 Å². The van der Waals surface area contributed by atoms with Gasteiger partial charge in [-0.15, -0.1) is 15.3 Å². The molecule has 1 fully saturated rings. The van der Waals surface area contributed by atoms with E-state index >= 15 is 0 Å². The number of hydrogen-bond acceptors (Lipinski definition) is 6. The molecule has 0 spiro atoms. The number of ether oxygens (including phenoxy) is 1. The highest BCUT2D eigenvalue weighted by molar-refractivity contribution is 5.59. The third kappa shape index (κ3) is 3.09. The maximum absolute atomic E-state index is 5.51. The Labute approximate surface area is 146 Å². The maximum atomic E-state index is 5.51. The second-order valence-electron chi connectivity index (χ2n) is 6.34. The quantitative estimate of drug-likeness (QED) is 0.788. The van der Waals surface area contributed by atoms with Crippen LogP contribution in [0.5, 0.6) is 5.75 Å². The number of piperidine rings is 1. The first-order valence-corrected chi connectivity index (χ1v) is 8.58. The number of methoxy groups -OCH3 is 1. The Morgan fingerprint density at radius 1 is 1.16 bits per heavy atom. The van der Waals surface area contributed by atoms with Crippen LogP contribution in [0, 0.1) is 6.92 Å². The third-order valence-corrected chi connectivity index (χ3v) is 4.62. The summed E-state index contributed by atoms with van der Waals surface area (Å²) in [6, 6.07) is 12.4. The van der Waals surface area contributed by atoms with E-state index in [1.54, 1.807) is 11.6 Å². The zero-order chi connectivity index (χ0) is 17.2. The van der Waals surface area contributed by atoms with Gasteiger partial charge in [-0.25, -0.2) is 0 Å². The fourth-order valence-electron chi connectivity index (χ4n) is 3.39. The molecule has 1 atom stereocenters. The number of aryl methyl sites for hydroxylation is 1. The van der Waals surface area contributed by atoms with Gasteiger partial charge in [-0.2, -0.15) is 4.52 Å². The summed E-state index contributed by atoms with van der Waals surface area (Å²) in [6.07, 6.45) is 2.25. The standard InChI is InChI=1S/C18H22N6O/c1-13-20-21-18-10-9-17(22-24(13)18)19-14-6-5-11-23(12-14)15-7-3-4-8-16(15)25-2/h3-4,7-10,14H,5-6,11-12H2,1-2H3,(H,19,22)/t14-/m1/s1. The van der Waals surface area contributed by atoms with Crippen molar-refractivity contribution in [1.29, 1.82) is 0 Å². The molecule has 0 unspecified atom stereocenters. The van der Waals surface area contributed by atoms with Crippen LogP contribution in [0.1, 0.15) is 18.7 Å². The van der Waals surface area contributed by atoms with Crippen LogP contribution >= 0.6 is 0 Å². The van der Waals surface area contributed by atoms with Gasteiger partial charge >= 0.3 is 0 Å². The molecule has 0 amide bonds. The summed E-state index contributed by atoms with van der Waals surface area (Å²) in [5, 5.41) is 16.3. The number of para-hydroxylation sites is 2. The van der Waals surface area contributed by atoms with Crippen molar-refractivity contribution in [2.45, 2.75) is 25.8 Å². The van der Waals surface area contributed by atoms with Gasteiger partial charge < -0.3 is 15.0 Å². The van der Waals surface area contributed by atoms with Crippen molar-refractivity contribution in [2.75, 3.05) is 30.4 Å². The lowest BCUT2D eigenvalue weighted by molar-refractivity contribution is 0.411. The fourth-order valence-corrected chi connectivity index (χ4v) is 3.39. The first-order valence-electron chi connectivity index (χ1n) is 8.58. The number of nitrogens with zero attached hydrogens (tertiary/aromatic N) is 5. The van der Waals surface area contributed by atoms with Crippen molar-refractivity contribution < 1.29 is 4.74 Å². The molecule has 1 aromatic carbocycles. The summed E-state index contributed by atoms with van der Waals surface area (Å²) < 4.78 is 7.28. The summed E-state index contributed by atoms with van der Waals surface area (Å²) in [5.74, 6) is 2.56. The number of rotatable bonds is 4. The minimum atomic E-state index is 0.334. The van der Waals surface area contributed by atoms with Gasteiger partial charge in [0.05, 0.1) is 12.8 Å². The van der Waals surface area contributed by atoms with Crippen LogP contribution in [0.25, 0.3) is 5.65 Å². The van der Waals surface area contributed by atoms with Crippen molar-refractivity contribution in [1.82, 2.24) is 19.8 Å². The molecule has 25 heavy (non-hydrogen) atoms. The lowest BCUT2D eigenvalue weighted by atomic mass is 10.0. The molecule has 130 valence electrons. The van der Waals surface area contributed by atoms with Crippen LogP contribution in [0.15, 0.2) is 36.4 Å². The molecule has 1 saturated heterocycles. The lowest BCUT2D eigenvalue weighted by Crippen LogP contribution is -2.42. The van der Waals surface area contributed by atoms with E-state index in [0.717, 1.165) is 54.7 Å². The van der Waals surface area contributed by atoms with Gasteiger partial charge in [-0.05, 0) is 44.0 Å². The Bertz CT molecular complexity index is 877. The average Bonchev–Trinajstić information content (AvgIpc) is 3.02. The summed E-state index contributed by atoms with van der Waals surface area (Å²) in [6.45, 7) is 3.86. The van der Waals surface area contributed by atoms with Gasteiger partial charge in [0, 0.05) is 19.1 Å². The molecule has 1 N–H and O–H groups in total. The molecule has 0 saturated carbocycles. The smallest absolute Gasteiger partial charge is 0.178 e. The first-order chi connectivity index (χ1) is 12.2. The Balaban J connectivity index is 1.51. The molecule has 1 aliphatic heterocycles. The Morgan fingerprint density at radius 3 is 2.92 bits per heavy atom. The predicted octanol–water partition coefficient (Wildman–Crippen LogP) is 2.52. The van der Waals surface area contributed by atoms with Crippen LogP contribution in [0.2, 0.25) is 0 Å². The van der Waals surface area contributed by atoms with Crippen molar-refractivity contribution in [3.8, 4) is 5.75 Å². The van der Waals surface area contributed by atoms with Gasteiger partial charge in [0.1, 0.15) is 11.6 Å². The normalized spacial score (nSPS) is 17.7. The molecule has 7 nitrogen and oxygen atoms in total. The Kier molecular flexibility index (Phi) is 4.13. The highest BCUT2D eigenvalue weighted by atomic mass is 16.5. The van der Waals surface area contributed by atoms with Crippen LogP contribution in [0.3, 0.4) is 0 Å². The maximum Gasteiger partial charge on any atom is 0.178 e. The fraction of sp³-hybridized carbons (Fsp3) is 0.389.